The van der Waals surface area contributed by atoms with Gasteiger partial charge in [0.2, 0.25) is 5.91 Å². The summed E-state index contributed by atoms with van der Waals surface area (Å²) in [5, 5.41) is 11.3. The third kappa shape index (κ3) is 4.55. The normalized spacial score (nSPS) is 10.7. The minimum absolute atomic E-state index is 0.0319. The quantitative estimate of drug-likeness (QED) is 0.870. The smallest absolute Gasteiger partial charge is 0.225 e. The van der Waals surface area contributed by atoms with Crippen molar-refractivity contribution in [2.45, 2.75) is 13.3 Å². The Morgan fingerprint density at radius 1 is 1.44 bits per heavy atom. The molecule has 6 heteroatoms. The molecule has 0 radical (unpaired) electrons. The summed E-state index contributed by atoms with van der Waals surface area (Å²) in [5.41, 5.74) is 0.932. The van der Waals surface area contributed by atoms with E-state index >= 15 is 0 Å². The third-order valence-corrected chi connectivity index (χ3v) is 4.06. The average molecular weight is 266 g/mol. The molecule has 1 rings (SSSR count). The Bertz CT molecular complexity index is 573. The summed E-state index contributed by atoms with van der Waals surface area (Å²) in [6, 6.07) is 8.41. The van der Waals surface area contributed by atoms with Crippen LogP contribution in [0.25, 0.3) is 0 Å². The predicted molar refractivity (Wildman–Crippen MR) is 68.7 cm³/mol. The van der Waals surface area contributed by atoms with Gasteiger partial charge in [0, 0.05) is 17.9 Å². The standard InChI is InChI=1S/C12H14N2O3S/c1-2-18(16,17)7-6-12(15)14-11-5-3-4-10(8-11)9-13/h3-5,8H,2,6-7H2,1H3,(H,14,15). The summed E-state index contributed by atoms with van der Waals surface area (Å²) in [6.07, 6.45) is -0.0764. The average Bonchev–Trinajstić information content (AvgIpc) is 2.37. The predicted octanol–water partition coefficient (Wildman–Crippen LogP) is 1.32. The SMILES string of the molecule is CCS(=O)(=O)CCC(=O)Nc1cccc(C#N)c1. The highest BCUT2D eigenvalue weighted by molar-refractivity contribution is 7.91. The molecule has 0 aliphatic rings. The molecule has 0 atom stereocenters. The maximum atomic E-state index is 11.5. The van der Waals surface area contributed by atoms with Crippen molar-refractivity contribution in [3.8, 4) is 6.07 Å². The fourth-order valence-corrected chi connectivity index (χ4v) is 2.07. The molecule has 1 N–H and O–H groups in total. The number of amides is 1. The Morgan fingerprint density at radius 2 is 2.17 bits per heavy atom. The second kappa shape index (κ2) is 6.17. The number of hydrogen-bond donors (Lipinski definition) is 1. The largest absolute Gasteiger partial charge is 0.326 e. The van der Waals surface area contributed by atoms with Crippen molar-refractivity contribution < 1.29 is 13.2 Å². The maximum absolute atomic E-state index is 11.5. The molecular weight excluding hydrogens is 252 g/mol. The van der Waals surface area contributed by atoms with E-state index in [1.54, 1.807) is 25.1 Å². The van der Waals surface area contributed by atoms with E-state index in [1.807, 2.05) is 6.07 Å². The van der Waals surface area contributed by atoms with Crippen LogP contribution >= 0.6 is 0 Å². The second-order valence-electron chi connectivity index (χ2n) is 3.73. The Balaban J connectivity index is 2.58. The number of anilines is 1. The van der Waals surface area contributed by atoms with E-state index < -0.39 is 9.84 Å². The molecular formula is C12H14N2O3S. The first-order chi connectivity index (χ1) is 8.46. The number of nitriles is 1. The lowest BCUT2D eigenvalue weighted by atomic mass is 10.2. The number of hydrogen-bond acceptors (Lipinski definition) is 4. The van der Waals surface area contributed by atoms with Crippen molar-refractivity contribution in [2.75, 3.05) is 16.8 Å². The number of nitrogens with one attached hydrogen (secondary N) is 1. The molecule has 0 aromatic heterocycles. The Hall–Kier alpha value is -1.87. The van der Waals surface area contributed by atoms with Gasteiger partial charge in [-0.25, -0.2) is 8.42 Å². The molecule has 96 valence electrons. The zero-order valence-corrected chi connectivity index (χ0v) is 10.8. The fourth-order valence-electron chi connectivity index (χ4n) is 1.28. The molecule has 0 saturated heterocycles. The summed E-state index contributed by atoms with van der Waals surface area (Å²) in [6.45, 7) is 1.55. The summed E-state index contributed by atoms with van der Waals surface area (Å²) >= 11 is 0. The zero-order chi connectivity index (χ0) is 13.6. The zero-order valence-electron chi connectivity index (χ0n) is 10.0. The van der Waals surface area contributed by atoms with Gasteiger partial charge in [0.1, 0.15) is 0 Å². The number of carbonyl (C=O) groups is 1. The molecule has 0 aliphatic heterocycles. The van der Waals surface area contributed by atoms with Gasteiger partial charge in [-0.2, -0.15) is 5.26 Å². The third-order valence-electron chi connectivity index (χ3n) is 2.36. The summed E-state index contributed by atoms with van der Waals surface area (Å²) < 4.78 is 22.5. The van der Waals surface area contributed by atoms with E-state index in [9.17, 15) is 13.2 Å². The van der Waals surface area contributed by atoms with E-state index in [4.69, 9.17) is 5.26 Å². The molecule has 0 bridgehead atoms. The first-order valence-electron chi connectivity index (χ1n) is 5.47. The molecule has 1 aromatic rings. The lowest BCUT2D eigenvalue weighted by Gasteiger charge is -2.05. The van der Waals surface area contributed by atoms with Gasteiger partial charge in [-0.3, -0.25) is 4.79 Å². The van der Waals surface area contributed by atoms with Crippen LogP contribution in [0, 0.1) is 11.3 Å². The Morgan fingerprint density at radius 3 is 2.78 bits per heavy atom. The molecule has 5 nitrogen and oxygen atoms in total. The first kappa shape index (κ1) is 14.2. The van der Waals surface area contributed by atoms with Gasteiger partial charge in [0.05, 0.1) is 17.4 Å². The highest BCUT2D eigenvalue weighted by Crippen LogP contribution is 2.10. The van der Waals surface area contributed by atoms with E-state index in [2.05, 4.69) is 5.32 Å². The van der Waals surface area contributed by atoms with Crippen molar-refractivity contribution in [3.63, 3.8) is 0 Å². The van der Waals surface area contributed by atoms with Crippen LogP contribution in [0.1, 0.15) is 18.9 Å². The van der Waals surface area contributed by atoms with Crippen molar-refractivity contribution in [3.05, 3.63) is 29.8 Å². The monoisotopic (exact) mass is 266 g/mol. The van der Waals surface area contributed by atoms with Gasteiger partial charge in [-0.05, 0) is 18.2 Å². The summed E-state index contributed by atoms with van der Waals surface area (Å²) in [4.78, 5) is 11.5. The van der Waals surface area contributed by atoms with E-state index in [0.717, 1.165) is 0 Å². The molecule has 0 fully saturated rings. The Kier molecular flexibility index (Phi) is 4.86. The van der Waals surface area contributed by atoms with Crippen LogP contribution in [0.15, 0.2) is 24.3 Å². The minimum atomic E-state index is -3.13. The van der Waals surface area contributed by atoms with Crippen LogP contribution in [0.3, 0.4) is 0 Å². The van der Waals surface area contributed by atoms with Gasteiger partial charge in [0.15, 0.2) is 9.84 Å². The van der Waals surface area contributed by atoms with Crippen LogP contribution in [0.5, 0.6) is 0 Å². The molecule has 0 aliphatic carbocycles. The fraction of sp³-hybridized carbons (Fsp3) is 0.333. The number of carbonyl (C=O) groups excluding carboxylic acids is 1. The maximum Gasteiger partial charge on any atom is 0.225 e. The van der Waals surface area contributed by atoms with Gasteiger partial charge in [0.25, 0.3) is 0 Å². The number of benzene rings is 1. The molecule has 0 unspecified atom stereocenters. The topological polar surface area (TPSA) is 87.0 Å². The van der Waals surface area contributed by atoms with Crippen molar-refractivity contribution in [2.24, 2.45) is 0 Å². The van der Waals surface area contributed by atoms with Crippen molar-refractivity contribution in [1.29, 1.82) is 5.26 Å². The molecule has 18 heavy (non-hydrogen) atoms. The van der Waals surface area contributed by atoms with Crippen molar-refractivity contribution >= 4 is 21.4 Å². The van der Waals surface area contributed by atoms with Crippen LogP contribution in [-0.2, 0) is 14.6 Å². The lowest BCUT2D eigenvalue weighted by Crippen LogP contribution is -2.18. The number of nitrogens with zero attached hydrogens (tertiary/aromatic N) is 1. The number of rotatable bonds is 5. The molecule has 1 aromatic carbocycles. The van der Waals surface area contributed by atoms with Crippen LogP contribution in [-0.4, -0.2) is 25.8 Å². The van der Waals surface area contributed by atoms with E-state index in [1.165, 1.54) is 6.07 Å². The Labute approximate surface area is 106 Å². The van der Waals surface area contributed by atoms with Crippen LogP contribution < -0.4 is 5.32 Å². The van der Waals surface area contributed by atoms with E-state index in [0.29, 0.717) is 11.3 Å². The highest BCUT2D eigenvalue weighted by atomic mass is 32.2. The van der Waals surface area contributed by atoms with Crippen LogP contribution in [0.4, 0.5) is 5.69 Å². The molecule has 0 heterocycles. The molecule has 0 spiro atoms. The van der Waals surface area contributed by atoms with Gasteiger partial charge in [-0.1, -0.05) is 13.0 Å². The van der Waals surface area contributed by atoms with Crippen molar-refractivity contribution in [1.82, 2.24) is 0 Å². The number of sulfone groups is 1. The molecule has 1 amide bonds. The highest BCUT2D eigenvalue weighted by Gasteiger charge is 2.11. The van der Waals surface area contributed by atoms with Gasteiger partial charge < -0.3 is 5.32 Å². The lowest BCUT2D eigenvalue weighted by molar-refractivity contribution is -0.115. The second-order valence-corrected chi connectivity index (χ2v) is 6.20. The summed E-state index contributed by atoms with van der Waals surface area (Å²) in [5.74, 6) is -0.501. The van der Waals surface area contributed by atoms with Gasteiger partial charge >= 0.3 is 0 Å². The van der Waals surface area contributed by atoms with Gasteiger partial charge in [-0.15, -0.1) is 0 Å². The minimum Gasteiger partial charge on any atom is -0.326 e. The van der Waals surface area contributed by atoms with Crippen LogP contribution in [0.2, 0.25) is 0 Å². The van der Waals surface area contributed by atoms with E-state index in [-0.39, 0.29) is 23.8 Å². The first-order valence-corrected chi connectivity index (χ1v) is 7.29. The molecule has 0 saturated carbocycles. The summed E-state index contributed by atoms with van der Waals surface area (Å²) in [7, 11) is -3.13.